The fourth-order valence-electron chi connectivity index (χ4n) is 2.68. The lowest BCUT2D eigenvalue weighted by atomic mass is 10.1. The topological polar surface area (TPSA) is 52.8 Å². The van der Waals surface area contributed by atoms with Crippen molar-refractivity contribution in [3.05, 3.63) is 35.4 Å². The van der Waals surface area contributed by atoms with E-state index in [1.807, 2.05) is 6.92 Å². The van der Waals surface area contributed by atoms with E-state index < -0.39 is 11.6 Å². The lowest BCUT2D eigenvalue weighted by Crippen LogP contribution is -2.21. The summed E-state index contributed by atoms with van der Waals surface area (Å²) in [6.45, 7) is 3.35. The number of benzene rings is 1. The Bertz CT molecular complexity index is 661. The van der Waals surface area contributed by atoms with Gasteiger partial charge >= 0.3 is 0 Å². The SMILES string of the molecule is CC[C@H](Sc1nnnn1C1CCOCC1)c1ccc(F)cc1F. The van der Waals surface area contributed by atoms with Crippen LogP contribution >= 0.6 is 11.8 Å². The Morgan fingerprint density at radius 2 is 2.13 bits per heavy atom. The number of aromatic nitrogens is 4. The minimum Gasteiger partial charge on any atom is -0.381 e. The summed E-state index contributed by atoms with van der Waals surface area (Å²) < 4.78 is 34.3. The van der Waals surface area contributed by atoms with Crippen molar-refractivity contribution in [1.29, 1.82) is 0 Å². The van der Waals surface area contributed by atoms with Crippen LogP contribution in [0.4, 0.5) is 8.78 Å². The van der Waals surface area contributed by atoms with E-state index in [2.05, 4.69) is 15.5 Å². The van der Waals surface area contributed by atoms with Crippen LogP contribution in [0, 0.1) is 11.6 Å². The average molecular weight is 340 g/mol. The van der Waals surface area contributed by atoms with Gasteiger partial charge in [0.15, 0.2) is 0 Å². The zero-order chi connectivity index (χ0) is 16.2. The van der Waals surface area contributed by atoms with Crippen molar-refractivity contribution in [3.8, 4) is 0 Å². The third-order valence-corrected chi connectivity index (χ3v) is 5.28. The number of tetrazole rings is 1. The molecule has 2 heterocycles. The molecule has 0 radical (unpaired) electrons. The minimum absolute atomic E-state index is 0.166. The lowest BCUT2D eigenvalue weighted by molar-refractivity contribution is 0.0631. The van der Waals surface area contributed by atoms with Gasteiger partial charge in [0.05, 0.1) is 6.04 Å². The maximum absolute atomic E-state index is 14.0. The van der Waals surface area contributed by atoms with Gasteiger partial charge in [-0.3, -0.25) is 0 Å². The highest BCUT2D eigenvalue weighted by Crippen LogP contribution is 2.39. The van der Waals surface area contributed by atoms with E-state index in [0.717, 1.165) is 18.9 Å². The molecule has 0 bridgehead atoms. The monoisotopic (exact) mass is 340 g/mol. The van der Waals surface area contributed by atoms with Crippen LogP contribution in [0.1, 0.15) is 43.0 Å². The van der Waals surface area contributed by atoms with Gasteiger partial charge in [0.25, 0.3) is 0 Å². The molecule has 1 aliphatic heterocycles. The Morgan fingerprint density at radius 3 is 2.83 bits per heavy atom. The number of hydrogen-bond acceptors (Lipinski definition) is 5. The van der Waals surface area contributed by atoms with Crippen LogP contribution in [0.3, 0.4) is 0 Å². The van der Waals surface area contributed by atoms with Crippen molar-refractivity contribution in [2.24, 2.45) is 0 Å². The standard InChI is InChI=1S/C15H18F2N4OS/c1-2-14(12-4-3-10(16)9-13(12)17)23-15-18-19-20-21(15)11-5-7-22-8-6-11/h3-4,9,11,14H,2,5-8H2,1H3/t14-/m0/s1. The molecule has 3 rings (SSSR count). The summed E-state index contributed by atoms with van der Waals surface area (Å²) in [5.41, 5.74) is 0.473. The number of rotatable bonds is 5. The molecule has 0 aliphatic carbocycles. The van der Waals surface area contributed by atoms with E-state index in [9.17, 15) is 8.78 Å². The lowest BCUT2D eigenvalue weighted by Gasteiger charge is -2.23. The zero-order valence-electron chi connectivity index (χ0n) is 12.8. The maximum atomic E-state index is 14.0. The summed E-state index contributed by atoms with van der Waals surface area (Å²) in [6, 6.07) is 3.90. The molecule has 8 heteroatoms. The van der Waals surface area contributed by atoms with Crippen LogP contribution in [-0.4, -0.2) is 33.4 Å². The molecule has 1 aromatic heterocycles. The molecule has 1 aromatic carbocycles. The smallest absolute Gasteiger partial charge is 0.210 e. The van der Waals surface area contributed by atoms with E-state index in [-0.39, 0.29) is 11.3 Å². The molecule has 1 aliphatic rings. The Morgan fingerprint density at radius 1 is 1.35 bits per heavy atom. The van der Waals surface area contributed by atoms with Crippen molar-refractivity contribution in [3.63, 3.8) is 0 Å². The molecule has 5 nitrogen and oxygen atoms in total. The van der Waals surface area contributed by atoms with Gasteiger partial charge in [-0.05, 0) is 35.8 Å². The van der Waals surface area contributed by atoms with Crippen LogP contribution in [0.25, 0.3) is 0 Å². The summed E-state index contributed by atoms with van der Waals surface area (Å²) in [4.78, 5) is 0. The van der Waals surface area contributed by atoms with Gasteiger partial charge in [0, 0.05) is 30.1 Å². The molecule has 1 atom stereocenters. The van der Waals surface area contributed by atoms with Crippen molar-refractivity contribution in [2.45, 2.75) is 42.6 Å². The van der Waals surface area contributed by atoms with Crippen molar-refractivity contribution in [1.82, 2.24) is 20.2 Å². The first-order chi connectivity index (χ1) is 11.2. The molecule has 0 unspecified atom stereocenters. The highest BCUT2D eigenvalue weighted by atomic mass is 32.2. The Balaban J connectivity index is 1.81. The minimum atomic E-state index is -0.571. The predicted molar refractivity (Wildman–Crippen MR) is 82.2 cm³/mol. The summed E-state index contributed by atoms with van der Waals surface area (Å²) >= 11 is 1.41. The Labute approximate surface area is 137 Å². The van der Waals surface area contributed by atoms with Gasteiger partial charge in [0.1, 0.15) is 11.6 Å². The normalized spacial score (nSPS) is 17.3. The Kier molecular flexibility index (Phi) is 5.22. The highest BCUT2D eigenvalue weighted by molar-refractivity contribution is 7.99. The summed E-state index contributed by atoms with van der Waals surface area (Å²) in [6.07, 6.45) is 2.41. The number of nitrogens with zero attached hydrogens (tertiary/aromatic N) is 4. The predicted octanol–water partition coefficient (Wildman–Crippen LogP) is 3.55. The molecule has 1 fully saturated rings. The molecule has 124 valence electrons. The van der Waals surface area contributed by atoms with Gasteiger partial charge in [-0.2, -0.15) is 0 Å². The molecule has 0 N–H and O–H groups in total. The molecule has 1 saturated heterocycles. The first-order valence-corrected chi connectivity index (χ1v) is 8.54. The molecule has 0 amide bonds. The molecule has 0 spiro atoms. The number of thioether (sulfide) groups is 1. The van der Waals surface area contributed by atoms with Crippen LogP contribution in [-0.2, 0) is 4.74 Å². The third kappa shape index (κ3) is 3.69. The van der Waals surface area contributed by atoms with Crippen LogP contribution in [0.2, 0.25) is 0 Å². The third-order valence-electron chi connectivity index (χ3n) is 3.93. The molecule has 23 heavy (non-hydrogen) atoms. The molecular weight excluding hydrogens is 322 g/mol. The zero-order valence-corrected chi connectivity index (χ0v) is 13.6. The summed E-state index contributed by atoms with van der Waals surface area (Å²) in [5.74, 6) is -1.10. The van der Waals surface area contributed by atoms with Crippen LogP contribution in [0.5, 0.6) is 0 Å². The fourth-order valence-corrected chi connectivity index (χ4v) is 3.80. The van der Waals surface area contributed by atoms with Crippen molar-refractivity contribution in [2.75, 3.05) is 13.2 Å². The van der Waals surface area contributed by atoms with Gasteiger partial charge in [-0.1, -0.05) is 24.8 Å². The van der Waals surface area contributed by atoms with Crippen molar-refractivity contribution >= 4 is 11.8 Å². The maximum Gasteiger partial charge on any atom is 0.210 e. The molecule has 2 aromatic rings. The first-order valence-electron chi connectivity index (χ1n) is 7.66. The van der Waals surface area contributed by atoms with Gasteiger partial charge in [0.2, 0.25) is 5.16 Å². The molecule has 0 saturated carbocycles. The second-order valence-corrected chi connectivity index (χ2v) is 6.60. The molecular formula is C15H18F2N4OS. The largest absolute Gasteiger partial charge is 0.381 e. The second kappa shape index (κ2) is 7.35. The van der Waals surface area contributed by atoms with E-state index in [1.165, 1.54) is 23.9 Å². The van der Waals surface area contributed by atoms with Crippen LogP contribution < -0.4 is 0 Å². The number of hydrogen-bond donors (Lipinski definition) is 0. The summed E-state index contributed by atoms with van der Waals surface area (Å²) in [5, 5.41) is 12.4. The Hall–Kier alpha value is -1.54. The number of ether oxygens (including phenoxy) is 1. The second-order valence-electron chi connectivity index (χ2n) is 5.43. The average Bonchev–Trinajstić information content (AvgIpc) is 3.02. The first kappa shape index (κ1) is 16.3. The van der Waals surface area contributed by atoms with Gasteiger partial charge in [-0.25, -0.2) is 13.5 Å². The van der Waals surface area contributed by atoms with E-state index >= 15 is 0 Å². The van der Waals surface area contributed by atoms with Gasteiger partial charge in [-0.15, -0.1) is 5.10 Å². The van der Waals surface area contributed by atoms with Gasteiger partial charge < -0.3 is 4.74 Å². The van der Waals surface area contributed by atoms with E-state index in [4.69, 9.17) is 4.74 Å². The highest BCUT2D eigenvalue weighted by Gasteiger charge is 2.24. The quantitative estimate of drug-likeness (QED) is 0.779. The van der Waals surface area contributed by atoms with Crippen LogP contribution in [0.15, 0.2) is 23.4 Å². The summed E-state index contributed by atoms with van der Waals surface area (Å²) in [7, 11) is 0. The van der Waals surface area contributed by atoms with Crippen molar-refractivity contribution < 1.29 is 13.5 Å². The fraction of sp³-hybridized carbons (Fsp3) is 0.533. The number of halogens is 2. The van der Waals surface area contributed by atoms with E-state index in [1.54, 1.807) is 4.68 Å². The van der Waals surface area contributed by atoms with E-state index in [0.29, 0.717) is 30.4 Å².